The first kappa shape index (κ1) is 32.2. The highest BCUT2D eigenvalue weighted by Crippen LogP contribution is 2.60. The number of rotatable bonds is 14. The van der Waals surface area contributed by atoms with Gasteiger partial charge < -0.3 is 50.2 Å². The number of unbranched alkanes of at least 4 members (excludes halogenated alkanes) is 2. The van der Waals surface area contributed by atoms with E-state index >= 15 is 0 Å². The topological polar surface area (TPSA) is 281 Å². The highest BCUT2D eigenvalue weighted by Gasteiger charge is 2.47. The number of imidazole rings is 1. The molecule has 0 bridgehead atoms. The molecule has 0 amide bonds. The number of ether oxygens (including phenoxy) is 3. The SMILES string of the molecule is CCCCCO[C@@H]1O[C@H](COP(=O)(O)OP(=O)(O)OC[C@H]2O[C@@H](n3cnc4c(N)ncnc43)[C@H](O)[C@@H]2O)[C@@H](O)[C@H]1O. The lowest BCUT2D eigenvalue weighted by atomic mass is 10.1. The van der Waals surface area contributed by atoms with Crippen LogP contribution in [0.2, 0.25) is 0 Å². The summed E-state index contributed by atoms with van der Waals surface area (Å²) in [6.45, 7) is 0.570. The monoisotopic (exact) mass is 629 g/mol. The summed E-state index contributed by atoms with van der Waals surface area (Å²) in [5.74, 6) is 0.0661. The Balaban J connectivity index is 1.28. The Morgan fingerprint density at radius 1 is 0.927 bits per heavy atom. The third kappa shape index (κ3) is 7.65. The quantitative estimate of drug-likeness (QED) is 0.0967. The van der Waals surface area contributed by atoms with Gasteiger partial charge in [0.1, 0.15) is 48.5 Å². The fraction of sp³-hybridized carbons (Fsp3) is 0.750. The van der Waals surface area contributed by atoms with E-state index in [-0.39, 0.29) is 23.6 Å². The highest BCUT2D eigenvalue weighted by atomic mass is 31.3. The molecule has 4 heterocycles. The molecule has 0 aliphatic carbocycles. The first-order chi connectivity index (χ1) is 19.3. The number of phosphoric ester groups is 2. The molecule has 4 rings (SSSR count). The second-order valence-corrected chi connectivity index (χ2v) is 12.4. The third-order valence-corrected chi connectivity index (χ3v) is 8.96. The number of aromatic nitrogens is 4. The van der Waals surface area contributed by atoms with E-state index < -0.39 is 78.0 Å². The Hall–Kier alpha value is -1.67. The van der Waals surface area contributed by atoms with E-state index in [4.69, 9.17) is 24.5 Å². The molecule has 2 aliphatic rings. The lowest BCUT2D eigenvalue weighted by molar-refractivity contribution is -0.169. The highest BCUT2D eigenvalue weighted by molar-refractivity contribution is 7.61. The number of nitrogen functional groups attached to an aromatic ring is 1. The van der Waals surface area contributed by atoms with Crippen LogP contribution in [0.5, 0.6) is 0 Å². The number of aliphatic hydroxyl groups is 4. The minimum absolute atomic E-state index is 0.0661. The lowest BCUT2D eigenvalue weighted by Crippen LogP contribution is -2.35. The van der Waals surface area contributed by atoms with Gasteiger partial charge in [0, 0.05) is 6.61 Å². The molecule has 19 nitrogen and oxygen atoms in total. The van der Waals surface area contributed by atoms with E-state index in [1.54, 1.807) is 0 Å². The van der Waals surface area contributed by atoms with Crippen LogP contribution in [0, 0.1) is 0 Å². The molecule has 8 N–H and O–H groups in total. The van der Waals surface area contributed by atoms with Crippen molar-refractivity contribution in [1.82, 2.24) is 19.5 Å². The van der Waals surface area contributed by atoms with Crippen LogP contribution in [0.25, 0.3) is 11.2 Å². The fourth-order valence-corrected chi connectivity index (χ4v) is 6.30. The van der Waals surface area contributed by atoms with Crippen molar-refractivity contribution in [3.63, 3.8) is 0 Å². The Kier molecular flexibility index (Phi) is 10.5. The summed E-state index contributed by atoms with van der Waals surface area (Å²) in [7, 11) is -10.6. The zero-order valence-corrected chi connectivity index (χ0v) is 23.5. The molecule has 2 aromatic rings. The summed E-state index contributed by atoms with van der Waals surface area (Å²) in [6.07, 6.45) is -6.45. The van der Waals surface area contributed by atoms with Crippen LogP contribution in [-0.4, -0.2) is 112 Å². The van der Waals surface area contributed by atoms with Crippen LogP contribution < -0.4 is 5.73 Å². The average molecular weight is 629 g/mol. The first-order valence-corrected chi connectivity index (χ1v) is 15.6. The number of fused-ring (bicyclic) bond motifs is 1. The predicted octanol–water partition coefficient (Wildman–Crippen LogP) is -1.07. The normalized spacial score (nSPS) is 33.2. The van der Waals surface area contributed by atoms with Gasteiger partial charge in [0.2, 0.25) is 0 Å². The average Bonchev–Trinajstić information content (AvgIpc) is 3.55. The van der Waals surface area contributed by atoms with Gasteiger partial charge in [-0.1, -0.05) is 19.8 Å². The molecule has 10 atom stereocenters. The molecular formula is C20H33N5O14P2. The number of nitrogens with zero attached hydrogens (tertiary/aromatic N) is 4. The van der Waals surface area contributed by atoms with Gasteiger partial charge in [0.25, 0.3) is 0 Å². The maximum Gasteiger partial charge on any atom is 0.481 e. The minimum atomic E-state index is -5.31. The molecule has 2 aliphatic heterocycles. The summed E-state index contributed by atoms with van der Waals surface area (Å²) in [6, 6.07) is 0. The Morgan fingerprint density at radius 3 is 2.22 bits per heavy atom. The van der Waals surface area contributed by atoms with Crippen LogP contribution in [0.1, 0.15) is 32.4 Å². The van der Waals surface area contributed by atoms with Gasteiger partial charge in [-0.2, -0.15) is 4.31 Å². The van der Waals surface area contributed by atoms with Crippen LogP contribution in [-0.2, 0) is 36.7 Å². The molecular weight excluding hydrogens is 596 g/mol. The van der Waals surface area contributed by atoms with E-state index in [2.05, 4.69) is 23.8 Å². The standard InChI is InChI=1S/C20H33N5O14P2/c1-2-3-4-5-34-20-16(29)14(27)11(38-20)7-36-41(32,33)39-40(30,31)35-6-10-13(26)15(28)19(37-10)25-9-24-12-17(21)22-8-23-18(12)25/h8-11,13-16,19-20,26-29H,2-7H2,1H3,(H,30,31)(H,32,33)(H2,21,22,23)/t10-,11-,13-,14-,15-,16-,19-,20-/m1/s1. The molecule has 232 valence electrons. The number of aliphatic hydroxyl groups excluding tert-OH is 4. The molecule has 0 spiro atoms. The van der Waals surface area contributed by atoms with Gasteiger partial charge in [-0.3, -0.25) is 13.6 Å². The number of phosphoric acid groups is 2. The maximum atomic E-state index is 12.3. The Bertz CT molecular complexity index is 1270. The van der Waals surface area contributed by atoms with Crippen molar-refractivity contribution in [2.45, 2.75) is 75.3 Å². The van der Waals surface area contributed by atoms with E-state index in [0.717, 1.165) is 19.2 Å². The first-order valence-electron chi connectivity index (χ1n) is 12.6. The zero-order valence-electron chi connectivity index (χ0n) is 21.7. The molecule has 2 aromatic heterocycles. The summed E-state index contributed by atoms with van der Waals surface area (Å²) in [5, 5.41) is 41.0. The number of anilines is 1. The van der Waals surface area contributed by atoms with Gasteiger partial charge in [-0.15, -0.1) is 0 Å². The van der Waals surface area contributed by atoms with Crippen molar-refractivity contribution in [3.05, 3.63) is 12.7 Å². The van der Waals surface area contributed by atoms with Crippen molar-refractivity contribution in [1.29, 1.82) is 0 Å². The molecule has 2 unspecified atom stereocenters. The van der Waals surface area contributed by atoms with Gasteiger partial charge in [-0.25, -0.2) is 24.1 Å². The molecule has 2 saturated heterocycles. The summed E-state index contributed by atoms with van der Waals surface area (Å²) in [5.41, 5.74) is 6.14. The van der Waals surface area contributed by atoms with E-state index in [1.807, 2.05) is 6.92 Å². The molecule has 0 radical (unpaired) electrons. The lowest BCUT2D eigenvalue weighted by Gasteiger charge is -2.20. The zero-order chi connectivity index (χ0) is 29.9. The second-order valence-electron chi connectivity index (χ2n) is 9.34. The predicted molar refractivity (Wildman–Crippen MR) is 134 cm³/mol. The largest absolute Gasteiger partial charge is 0.481 e. The van der Waals surface area contributed by atoms with Crippen LogP contribution in [0.15, 0.2) is 12.7 Å². The third-order valence-electron chi connectivity index (χ3n) is 6.36. The maximum absolute atomic E-state index is 12.3. The van der Waals surface area contributed by atoms with Gasteiger partial charge >= 0.3 is 15.6 Å². The number of hydrogen-bond donors (Lipinski definition) is 7. The summed E-state index contributed by atoms with van der Waals surface area (Å²) < 4.78 is 55.8. The fourth-order valence-electron chi connectivity index (χ4n) is 4.21. The number of nitrogens with two attached hydrogens (primary N) is 1. The molecule has 0 aromatic carbocycles. The smallest absolute Gasteiger partial charge is 0.387 e. The molecule has 2 fully saturated rings. The van der Waals surface area contributed by atoms with Crippen LogP contribution in [0.3, 0.4) is 0 Å². The Morgan fingerprint density at radius 2 is 1.56 bits per heavy atom. The van der Waals surface area contributed by atoms with Gasteiger partial charge in [0.05, 0.1) is 19.5 Å². The molecule has 0 saturated carbocycles. The van der Waals surface area contributed by atoms with Crippen molar-refractivity contribution < 1.29 is 66.9 Å². The van der Waals surface area contributed by atoms with Gasteiger partial charge in [-0.05, 0) is 6.42 Å². The van der Waals surface area contributed by atoms with Crippen molar-refractivity contribution in [2.75, 3.05) is 25.6 Å². The Labute approximate surface area is 233 Å². The van der Waals surface area contributed by atoms with E-state index in [9.17, 15) is 39.3 Å². The van der Waals surface area contributed by atoms with Crippen molar-refractivity contribution >= 4 is 32.6 Å². The number of hydrogen-bond acceptors (Lipinski definition) is 16. The molecule has 21 heteroatoms. The second kappa shape index (κ2) is 13.3. The van der Waals surface area contributed by atoms with Crippen molar-refractivity contribution in [3.8, 4) is 0 Å². The summed E-state index contributed by atoms with van der Waals surface area (Å²) >= 11 is 0. The van der Waals surface area contributed by atoms with Crippen LogP contribution >= 0.6 is 15.6 Å². The van der Waals surface area contributed by atoms with E-state index in [0.29, 0.717) is 6.42 Å². The summed E-state index contributed by atoms with van der Waals surface area (Å²) in [4.78, 5) is 31.7. The van der Waals surface area contributed by atoms with E-state index in [1.165, 1.54) is 10.9 Å². The minimum Gasteiger partial charge on any atom is -0.387 e. The molecule has 41 heavy (non-hydrogen) atoms. The van der Waals surface area contributed by atoms with Crippen molar-refractivity contribution in [2.24, 2.45) is 0 Å². The van der Waals surface area contributed by atoms with Crippen LogP contribution in [0.4, 0.5) is 5.82 Å². The van der Waals surface area contributed by atoms with Gasteiger partial charge in [0.15, 0.2) is 24.0 Å².